The fraction of sp³-hybridized carbons (Fsp3) is 1.00. The summed E-state index contributed by atoms with van der Waals surface area (Å²) in [5.41, 5.74) is 0. The second-order valence-corrected chi connectivity index (χ2v) is 12.5. The molecule has 3 N–H and O–H groups in total. The van der Waals surface area contributed by atoms with Gasteiger partial charge in [0.2, 0.25) is 0 Å². The van der Waals surface area contributed by atoms with Gasteiger partial charge in [-0.25, -0.2) is 0 Å². The number of hydrogen-bond acceptors (Lipinski definition) is 3. The van der Waals surface area contributed by atoms with Gasteiger partial charge < -0.3 is 31.3 Å². The topological polar surface area (TPSA) is 60.7 Å². The highest BCUT2D eigenvalue weighted by molar-refractivity contribution is 6.56. The van der Waals surface area contributed by atoms with E-state index in [0.717, 1.165) is 11.0 Å². The molecule has 0 amide bonds. The molecule has 0 aliphatic carbocycles. The molecule has 202 valence electrons. The highest BCUT2D eigenvalue weighted by Gasteiger charge is 2.30. The fourth-order valence-electron chi connectivity index (χ4n) is 5.27. The average Bonchev–Trinajstić information content (AvgIpc) is 2.73. The molecule has 4 nitrogen and oxygen atoms in total. The van der Waals surface area contributed by atoms with Gasteiger partial charge in [-0.3, -0.25) is 0 Å². The summed E-state index contributed by atoms with van der Waals surface area (Å²) >= 11 is 0. The molecule has 0 saturated heterocycles. The van der Waals surface area contributed by atoms with Crippen LogP contribution in [0, 0.1) is 0 Å². The Kier molecular flexibility index (Phi) is 25.9. The first-order valence-electron chi connectivity index (χ1n) is 14.4. The lowest BCUT2D eigenvalue weighted by atomic mass is 10.0. The number of hydrogen-bond donors (Lipinski definition) is 3. The van der Waals surface area contributed by atoms with Crippen LogP contribution < -0.4 is 12.4 Å². The van der Waals surface area contributed by atoms with Crippen molar-refractivity contribution in [2.45, 2.75) is 149 Å². The van der Waals surface area contributed by atoms with E-state index in [2.05, 4.69) is 20.8 Å². The van der Waals surface area contributed by atoms with Crippen molar-refractivity contribution in [1.82, 2.24) is 0 Å². The summed E-state index contributed by atoms with van der Waals surface area (Å²) in [6.45, 7) is 11.3. The molecule has 0 spiro atoms. The van der Waals surface area contributed by atoms with Crippen LogP contribution in [0.15, 0.2) is 0 Å². The fourth-order valence-corrected chi connectivity index (χ4v) is 5.90. The SMILES string of the molecule is CCCCCCCCCCCCCCCCCC[N+](CCC)(CCC)CCC[Si](O)(O)O.[Cl-]. The minimum atomic E-state index is -3.89. The summed E-state index contributed by atoms with van der Waals surface area (Å²) in [5, 5.41) is 0. The van der Waals surface area contributed by atoms with Crippen molar-refractivity contribution in [3.8, 4) is 0 Å². The van der Waals surface area contributed by atoms with Gasteiger partial charge in [0.25, 0.3) is 0 Å². The van der Waals surface area contributed by atoms with Gasteiger partial charge in [-0.05, 0) is 25.7 Å². The van der Waals surface area contributed by atoms with Crippen LogP contribution in [0.5, 0.6) is 0 Å². The molecule has 6 heteroatoms. The summed E-state index contributed by atoms with van der Waals surface area (Å²) in [7, 11) is -3.89. The smallest absolute Gasteiger partial charge is 0.492 e. The molecule has 0 bridgehead atoms. The largest absolute Gasteiger partial charge is 1.00 e. The molecule has 0 rings (SSSR count). The third kappa shape index (κ3) is 23.8. The zero-order valence-electron chi connectivity index (χ0n) is 22.6. The maximum atomic E-state index is 9.34. The third-order valence-corrected chi connectivity index (χ3v) is 8.05. The number of nitrogens with zero attached hydrogens (tertiary/aromatic N) is 1. The van der Waals surface area contributed by atoms with Crippen molar-refractivity contribution < 1.29 is 31.3 Å². The monoisotopic (exact) mass is 509 g/mol. The van der Waals surface area contributed by atoms with Crippen molar-refractivity contribution >= 4 is 8.80 Å². The molecule has 0 heterocycles. The number of rotatable bonds is 25. The molecule has 0 fully saturated rings. The molecule has 0 unspecified atom stereocenters. The van der Waals surface area contributed by atoms with Crippen LogP contribution in [-0.2, 0) is 0 Å². The lowest BCUT2D eigenvalue weighted by molar-refractivity contribution is -0.928. The summed E-state index contributed by atoms with van der Waals surface area (Å²) in [4.78, 5) is 28.0. The summed E-state index contributed by atoms with van der Waals surface area (Å²) in [5.74, 6) is 0. The molecule has 0 aliphatic heterocycles. The maximum absolute atomic E-state index is 9.34. The van der Waals surface area contributed by atoms with Crippen LogP contribution >= 0.6 is 0 Å². The molecule has 0 aromatic heterocycles. The minimum absolute atomic E-state index is 0. The molecular formula is C27H60ClNO3Si. The second kappa shape index (κ2) is 24.1. The van der Waals surface area contributed by atoms with Crippen molar-refractivity contribution in [2.24, 2.45) is 0 Å². The predicted octanol–water partition coefficient (Wildman–Crippen LogP) is 4.19. The van der Waals surface area contributed by atoms with Gasteiger partial charge in [-0.2, -0.15) is 0 Å². The van der Waals surface area contributed by atoms with Crippen LogP contribution in [0.25, 0.3) is 0 Å². The standard InChI is InChI=1S/C27H60NO3Si.ClH/c1-4-7-8-9-10-11-12-13-14-15-16-17-18-19-20-21-25-28(23-5-2,24-6-3)26-22-27-32(29,30)31;/h29-31H,4-27H2,1-3H3;1H/q+1;/p-1. The summed E-state index contributed by atoms with van der Waals surface area (Å²) < 4.78 is 1.09. The van der Waals surface area contributed by atoms with E-state index in [1.807, 2.05) is 0 Å². The summed E-state index contributed by atoms with van der Waals surface area (Å²) in [6.07, 6.45) is 25.5. The maximum Gasteiger partial charge on any atom is 0.492 e. The van der Waals surface area contributed by atoms with Crippen LogP contribution in [0.4, 0.5) is 0 Å². The summed E-state index contributed by atoms with van der Waals surface area (Å²) in [6, 6.07) is 0.180. The molecule has 0 saturated carbocycles. The molecule has 0 aliphatic rings. The predicted molar refractivity (Wildman–Crippen MR) is 142 cm³/mol. The number of halogens is 1. The van der Waals surface area contributed by atoms with Gasteiger partial charge in [-0.1, -0.05) is 111 Å². The van der Waals surface area contributed by atoms with E-state index >= 15 is 0 Å². The Morgan fingerprint density at radius 1 is 0.424 bits per heavy atom. The van der Waals surface area contributed by atoms with Crippen LogP contribution in [0.2, 0.25) is 6.04 Å². The number of unbranched alkanes of at least 4 members (excludes halogenated alkanes) is 15. The van der Waals surface area contributed by atoms with Crippen molar-refractivity contribution in [3.63, 3.8) is 0 Å². The highest BCUT2D eigenvalue weighted by atomic mass is 35.5. The van der Waals surface area contributed by atoms with E-state index in [-0.39, 0.29) is 18.5 Å². The molecule has 0 aromatic rings. The van der Waals surface area contributed by atoms with Crippen LogP contribution in [-0.4, -0.2) is 53.9 Å². The molecule has 0 aromatic carbocycles. The Bertz CT molecular complexity index is 388. The van der Waals surface area contributed by atoms with E-state index < -0.39 is 8.80 Å². The number of quaternary nitrogens is 1. The van der Waals surface area contributed by atoms with E-state index in [0.29, 0.717) is 6.42 Å². The molecule has 0 radical (unpaired) electrons. The first-order chi connectivity index (χ1) is 15.4. The third-order valence-electron chi connectivity index (χ3n) is 7.03. The molecular weight excluding hydrogens is 450 g/mol. The van der Waals surface area contributed by atoms with Crippen molar-refractivity contribution in [2.75, 3.05) is 26.2 Å². The quantitative estimate of drug-likeness (QED) is 0.0981. The first-order valence-corrected chi connectivity index (χ1v) is 16.5. The Labute approximate surface area is 214 Å². The molecule has 0 atom stereocenters. The Morgan fingerprint density at radius 2 is 0.758 bits per heavy atom. The Hall–Kier alpha value is 0.347. The van der Waals surface area contributed by atoms with E-state index in [4.69, 9.17) is 0 Å². The Balaban J connectivity index is 0. The van der Waals surface area contributed by atoms with E-state index in [9.17, 15) is 14.4 Å². The van der Waals surface area contributed by atoms with E-state index in [1.165, 1.54) is 135 Å². The second-order valence-electron chi connectivity index (χ2n) is 10.4. The van der Waals surface area contributed by atoms with Crippen molar-refractivity contribution in [1.29, 1.82) is 0 Å². The van der Waals surface area contributed by atoms with Crippen LogP contribution in [0.3, 0.4) is 0 Å². The van der Waals surface area contributed by atoms with Gasteiger partial charge in [0.15, 0.2) is 0 Å². The molecule has 33 heavy (non-hydrogen) atoms. The lowest BCUT2D eigenvalue weighted by Gasteiger charge is -2.39. The minimum Gasteiger partial charge on any atom is -1.00 e. The normalized spacial score (nSPS) is 12.2. The van der Waals surface area contributed by atoms with Gasteiger partial charge in [0.05, 0.1) is 26.2 Å². The van der Waals surface area contributed by atoms with Crippen LogP contribution in [0.1, 0.15) is 143 Å². The Morgan fingerprint density at radius 3 is 1.09 bits per heavy atom. The lowest BCUT2D eigenvalue weighted by Crippen LogP contribution is -3.00. The van der Waals surface area contributed by atoms with Gasteiger partial charge in [-0.15, -0.1) is 0 Å². The highest BCUT2D eigenvalue weighted by Crippen LogP contribution is 2.18. The first kappa shape index (κ1) is 35.5. The average molecular weight is 510 g/mol. The van der Waals surface area contributed by atoms with Gasteiger partial charge >= 0.3 is 8.80 Å². The van der Waals surface area contributed by atoms with E-state index in [1.54, 1.807) is 0 Å². The zero-order valence-corrected chi connectivity index (χ0v) is 24.4. The zero-order chi connectivity index (χ0) is 24.0. The van der Waals surface area contributed by atoms with Crippen molar-refractivity contribution in [3.05, 3.63) is 0 Å². The van der Waals surface area contributed by atoms with Gasteiger partial charge in [0.1, 0.15) is 0 Å². The van der Waals surface area contributed by atoms with Gasteiger partial charge in [0, 0.05) is 12.5 Å².